The highest BCUT2D eigenvalue weighted by molar-refractivity contribution is 14.1. The van der Waals surface area contributed by atoms with Crippen molar-refractivity contribution < 1.29 is 9.53 Å². The van der Waals surface area contributed by atoms with E-state index < -0.39 is 0 Å². The molecule has 3 heteroatoms. The van der Waals surface area contributed by atoms with E-state index in [1.54, 1.807) is 0 Å². The molecule has 0 spiro atoms. The van der Waals surface area contributed by atoms with Gasteiger partial charge < -0.3 is 4.74 Å². The van der Waals surface area contributed by atoms with E-state index >= 15 is 0 Å². The van der Waals surface area contributed by atoms with Gasteiger partial charge in [-0.15, -0.1) is 0 Å². The van der Waals surface area contributed by atoms with Crippen LogP contribution in [0.25, 0.3) is 0 Å². The summed E-state index contributed by atoms with van der Waals surface area (Å²) in [6.07, 6.45) is 2.37. The highest BCUT2D eigenvalue weighted by atomic mass is 127. The Morgan fingerprint density at radius 2 is 2.12 bits per heavy atom. The van der Waals surface area contributed by atoms with Gasteiger partial charge in [-0.3, -0.25) is 4.79 Å². The minimum Gasteiger partial charge on any atom is -0.489 e. The summed E-state index contributed by atoms with van der Waals surface area (Å²) in [5.41, 5.74) is -0.235. The van der Waals surface area contributed by atoms with Crippen molar-refractivity contribution >= 4 is 28.4 Å². The lowest BCUT2D eigenvalue weighted by Gasteiger charge is -2.46. The molecule has 1 unspecified atom stereocenters. The van der Waals surface area contributed by atoms with Crippen LogP contribution in [0.15, 0.2) is 24.3 Å². The smallest absolute Gasteiger partial charge is 0.146 e. The fraction of sp³-hybridized carbons (Fsp3) is 0.500. The van der Waals surface area contributed by atoms with E-state index in [1.807, 2.05) is 24.3 Å². The van der Waals surface area contributed by atoms with Crippen LogP contribution in [0.1, 0.15) is 33.1 Å². The van der Waals surface area contributed by atoms with Gasteiger partial charge in [0.1, 0.15) is 17.6 Å². The summed E-state index contributed by atoms with van der Waals surface area (Å²) in [5, 5.41) is 0. The molecule has 1 aliphatic carbocycles. The number of carbonyl (C=O) groups excluding carboxylic acids is 1. The molecular weight excluding hydrogens is 327 g/mol. The second-order valence-electron chi connectivity index (χ2n) is 4.55. The number of halogens is 1. The average molecular weight is 344 g/mol. The first-order valence-corrected chi connectivity index (χ1v) is 7.15. The second kappa shape index (κ2) is 4.96. The largest absolute Gasteiger partial charge is 0.489 e. The first kappa shape index (κ1) is 12.9. The number of hydrogen-bond acceptors (Lipinski definition) is 2. The Morgan fingerprint density at radius 3 is 2.65 bits per heavy atom. The number of carbonyl (C=O) groups is 1. The molecule has 0 heterocycles. The lowest BCUT2D eigenvalue weighted by Crippen LogP contribution is -2.56. The Labute approximate surface area is 116 Å². The maximum absolute atomic E-state index is 11.8. The molecule has 1 aromatic rings. The lowest BCUT2D eigenvalue weighted by molar-refractivity contribution is -0.153. The molecule has 92 valence electrons. The van der Waals surface area contributed by atoms with Gasteiger partial charge in [-0.2, -0.15) is 0 Å². The highest BCUT2D eigenvalue weighted by Crippen LogP contribution is 2.45. The van der Waals surface area contributed by atoms with Crippen molar-refractivity contribution in [1.82, 2.24) is 0 Å². The van der Waals surface area contributed by atoms with E-state index in [9.17, 15) is 4.79 Å². The average Bonchev–Trinajstić information content (AvgIpc) is 2.30. The number of ketones is 1. The van der Waals surface area contributed by atoms with E-state index in [0.29, 0.717) is 12.2 Å². The van der Waals surface area contributed by atoms with Crippen molar-refractivity contribution in [3.63, 3.8) is 0 Å². The molecule has 0 N–H and O–H groups in total. The lowest BCUT2D eigenvalue weighted by atomic mass is 9.61. The summed E-state index contributed by atoms with van der Waals surface area (Å²) in [6, 6.07) is 7.99. The molecule has 2 rings (SSSR count). The second-order valence-corrected chi connectivity index (χ2v) is 5.80. The van der Waals surface area contributed by atoms with Crippen LogP contribution in [0.4, 0.5) is 0 Å². The topological polar surface area (TPSA) is 26.3 Å². The van der Waals surface area contributed by atoms with Gasteiger partial charge in [0.25, 0.3) is 0 Å². The van der Waals surface area contributed by atoms with Crippen LogP contribution in [0, 0.1) is 8.99 Å². The Balaban J connectivity index is 2.13. The summed E-state index contributed by atoms with van der Waals surface area (Å²) in [5.74, 6) is 1.24. The Morgan fingerprint density at radius 1 is 1.41 bits per heavy atom. The zero-order valence-corrected chi connectivity index (χ0v) is 12.4. The maximum atomic E-state index is 11.8. The van der Waals surface area contributed by atoms with E-state index in [-0.39, 0.29) is 11.5 Å². The van der Waals surface area contributed by atoms with Gasteiger partial charge in [0.05, 0.1) is 5.41 Å². The fourth-order valence-electron chi connectivity index (χ4n) is 2.57. The molecular formula is C14H17IO2. The van der Waals surface area contributed by atoms with Gasteiger partial charge in [0.15, 0.2) is 0 Å². The van der Waals surface area contributed by atoms with E-state index in [4.69, 9.17) is 4.74 Å². The van der Waals surface area contributed by atoms with Crippen molar-refractivity contribution in [2.75, 3.05) is 0 Å². The van der Waals surface area contributed by atoms with Gasteiger partial charge >= 0.3 is 0 Å². The highest BCUT2D eigenvalue weighted by Gasteiger charge is 2.53. The zero-order chi connectivity index (χ0) is 12.5. The van der Waals surface area contributed by atoms with Crippen LogP contribution in [-0.4, -0.2) is 11.9 Å². The number of benzene rings is 1. The normalized spacial score (nSPS) is 22.1. The van der Waals surface area contributed by atoms with Crippen LogP contribution in [0.5, 0.6) is 5.75 Å². The molecule has 0 aliphatic heterocycles. The first-order valence-electron chi connectivity index (χ1n) is 6.08. The van der Waals surface area contributed by atoms with Crippen molar-refractivity contribution in [2.24, 2.45) is 5.41 Å². The van der Waals surface area contributed by atoms with Crippen molar-refractivity contribution in [1.29, 1.82) is 0 Å². The Hall–Kier alpha value is -0.580. The number of rotatable bonds is 4. The third-order valence-corrected chi connectivity index (χ3v) is 4.55. The minimum absolute atomic E-state index is 0.0585. The van der Waals surface area contributed by atoms with Gasteiger partial charge in [0.2, 0.25) is 0 Å². The van der Waals surface area contributed by atoms with Crippen LogP contribution in [-0.2, 0) is 4.79 Å². The summed E-state index contributed by atoms with van der Waals surface area (Å²) in [4.78, 5) is 11.8. The molecule has 0 amide bonds. The Kier molecular flexibility index (Phi) is 3.76. The molecule has 0 radical (unpaired) electrons. The maximum Gasteiger partial charge on any atom is 0.146 e. The van der Waals surface area contributed by atoms with Gasteiger partial charge in [-0.25, -0.2) is 0 Å². The summed E-state index contributed by atoms with van der Waals surface area (Å²) >= 11 is 2.27. The molecule has 2 nitrogen and oxygen atoms in total. The van der Waals surface area contributed by atoms with Crippen LogP contribution >= 0.6 is 22.6 Å². The zero-order valence-electron chi connectivity index (χ0n) is 10.2. The molecule has 0 saturated heterocycles. The molecule has 1 saturated carbocycles. The molecule has 1 aromatic carbocycles. The number of Topliss-reactive ketones (excluding diaryl/α,β-unsaturated/α-hetero) is 1. The van der Waals surface area contributed by atoms with Crippen molar-refractivity contribution in [2.45, 2.75) is 39.2 Å². The van der Waals surface area contributed by atoms with E-state index in [1.165, 1.54) is 0 Å². The van der Waals surface area contributed by atoms with Crippen LogP contribution < -0.4 is 4.74 Å². The molecule has 0 bridgehead atoms. The summed E-state index contributed by atoms with van der Waals surface area (Å²) < 4.78 is 7.13. The monoisotopic (exact) mass is 344 g/mol. The number of hydrogen-bond donors (Lipinski definition) is 0. The van der Waals surface area contributed by atoms with Crippen molar-refractivity contribution in [3.8, 4) is 5.75 Å². The van der Waals surface area contributed by atoms with Crippen LogP contribution in [0.3, 0.4) is 0 Å². The SMILES string of the molecule is CCC1(CC)C(=O)CC1Oc1cccc(I)c1. The standard InChI is InChI=1S/C14H17IO2/c1-3-14(4-2)12(16)9-13(14)17-11-7-5-6-10(15)8-11/h5-8,13H,3-4,9H2,1-2H3. The van der Waals surface area contributed by atoms with Crippen LogP contribution in [0.2, 0.25) is 0 Å². The molecule has 17 heavy (non-hydrogen) atoms. The fourth-order valence-corrected chi connectivity index (χ4v) is 3.09. The molecule has 0 aromatic heterocycles. The first-order chi connectivity index (χ1) is 8.12. The molecule has 1 aliphatic rings. The molecule has 1 atom stereocenters. The van der Waals surface area contributed by atoms with Crippen molar-refractivity contribution in [3.05, 3.63) is 27.8 Å². The van der Waals surface area contributed by atoms with E-state index in [0.717, 1.165) is 22.2 Å². The van der Waals surface area contributed by atoms with Gasteiger partial charge in [-0.05, 0) is 53.6 Å². The summed E-state index contributed by atoms with van der Waals surface area (Å²) in [6.45, 7) is 4.15. The quantitative estimate of drug-likeness (QED) is 0.777. The predicted octanol–water partition coefficient (Wildman–Crippen LogP) is 3.82. The van der Waals surface area contributed by atoms with Gasteiger partial charge in [0, 0.05) is 9.99 Å². The summed E-state index contributed by atoms with van der Waals surface area (Å²) in [7, 11) is 0. The predicted molar refractivity (Wildman–Crippen MR) is 76.2 cm³/mol. The number of ether oxygens (including phenoxy) is 1. The third kappa shape index (κ3) is 2.21. The Bertz CT molecular complexity index is 424. The third-order valence-electron chi connectivity index (χ3n) is 3.88. The molecule has 1 fully saturated rings. The van der Waals surface area contributed by atoms with Gasteiger partial charge in [-0.1, -0.05) is 19.9 Å². The minimum atomic E-state index is -0.235. The van der Waals surface area contributed by atoms with E-state index in [2.05, 4.69) is 36.4 Å².